The van der Waals surface area contributed by atoms with Crippen molar-refractivity contribution < 1.29 is 9.90 Å². The second kappa shape index (κ2) is 9.28. The Kier molecular flexibility index (Phi) is 5.90. The molecule has 0 spiro atoms. The van der Waals surface area contributed by atoms with Crippen LogP contribution < -0.4 is 5.73 Å². The third-order valence-electron chi connectivity index (χ3n) is 7.86. The first-order valence-electron chi connectivity index (χ1n) is 12.7. The number of aryl methyl sites for hydroxylation is 2. The smallest absolute Gasteiger partial charge is 0.246 e. The molecule has 3 N–H and O–H groups in total. The van der Waals surface area contributed by atoms with Gasteiger partial charge in [0.15, 0.2) is 0 Å². The summed E-state index contributed by atoms with van der Waals surface area (Å²) in [5.74, 6) is 7.37. The predicted octanol–water partition coefficient (Wildman–Crippen LogP) is 1.54. The summed E-state index contributed by atoms with van der Waals surface area (Å²) in [4.78, 5) is 24.6. The van der Waals surface area contributed by atoms with Crippen LogP contribution in [0.1, 0.15) is 12.1 Å². The fourth-order valence-electron chi connectivity index (χ4n) is 5.80. The summed E-state index contributed by atoms with van der Waals surface area (Å²) in [5.41, 5.74) is 10.9. The van der Waals surface area contributed by atoms with Gasteiger partial charge in [-0.25, -0.2) is 9.97 Å². The monoisotopic (exact) mass is 510 g/mol. The lowest BCUT2D eigenvalue weighted by Gasteiger charge is -2.47. The van der Waals surface area contributed by atoms with Crippen molar-refractivity contribution >= 4 is 33.7 Å². The van der Waals surface area contributed by atoms with E-state index >= 15 is 0 Å². The van der Waals surface area contributed by atoms with Crippen molar-refractivity contribution in [2.24, 2.45) is 20.0 Å². The lowest BCUT2D eigenvalue weighted by atomic mass is 9.91. The van der Waals surface area contributed by atoms with E-state index in [1.54, 1.807) is 4.90 Å². The highest BCUT2D eigenvalue weighted by molar-refractivity contribution is 6.09. The maximum Gasteiger partial charge on any atom is 0.246 e. The molecule has 1 aromatic carbocycles. The molecule has 10 heteroatoms. The van der Waals surface area contributed by atoms with Crippen molar-refractivity contribution in [3.63, 3.8) is 0 Å². The van der Waals surface area contributed by atoms with E-state index in [1.165, 1.54) is 12.4 Å². The molecule has 1 amide bonds. The lowest BCUT2D eigenvalue weighted by molar-refractivity contribution is -0.132. The van der Waals surface area contributed by atoms with Gasteiger partial charge in [-0.15, -0.1) is 0 Å². The third kappa shape index (κ3) is 3.83. The highest BCUT2D eigenvalue weighted by Crippen LogP contribution is 2.39. The summed E-state index contributed by atoms with van der Waals surface area (Å²) in [6.07, 6.45) is 4.81. The second-order valence-electron chi connectivity index (χ2n) is 10.1. The van der Waals surface area contributed by atoms with E-state index in [4.69, 9.17) is 5.73 Å². The number of anilines is 1. The average molecular weight is 511 g/mol. The molecular weight excluding hydrogens is 480 g/mol. The Hall–Kier alpha value is -4.20. The van der Waals surface area contributed by atoms with E-state index in [1.807, 2.05) is 41.7 Å². The number of likely N-dealkylation sites (tertiary alicyclic amines) is 2. The van der Waals surface area contributed by atoms with Gasteiger partial charge in [-0.2, -0.15) is 5.10 Å². The van der Waals surface area contributed by atoms with Gasteiger partial charge in [0, 0.05) is 63.2 Å². The fourth-order valence-corrected chi connectivity index (χ4v) is 5.80. The molecule has 3 aromatic heterocycles. The molecule has 2 aliphatic rings. The minimum atomic E-state index is -0.576. The summed E-state index contributed by atoms with van der Waals surface area (Å²) in [5, 5.41) is 16.9. The maximum absolute atomic E-state index is 11.9. The molecule has 2 saturated heterocycles. The molecule has 2 fully saturated rings. The van der Waals surface area contributed by atoms with Crippen LogP contribution in [-0.4, -0.2) is 83.5 Å². The zero-order valence-corrected chi connectivity index (χ0v) is 21.5. The molecule has 0 radical (unpaired) electrons. The molecular formula is C28H30N8O2. The Labute approximate surface area is 220 Å². The standard InChI is InChI=1S/C28H30N8O2/c1-4-24(38)35-11-10-21(23(37)15-35)36-13-17(14-36)8-9-22-25(26-27(29)30-16-31-28(26)33(22)2)18-6-5-7-20-19(18)12-32-34(20)3/h4-7,12,16-17,21,23,37H,1,10-11,13-15H2,2-3H3,(H2,29,30,31)/t21-,23+/m1/s1. The number of aliphatic hydroxyl groups excluding tert-OH is 1. The molecule has 38 heavy (non-hydrogen) atoms. The van der Waals surface area contributed by atoms with Crippen molar-refractivity contribution in [2.75, 3.05) is 31.9 Å². The van der Waals surface area contributed by atoms with Crippen LogP contribution in [0.4, 0.5) is 5.82 Å². The highest BCUT2D eigenvalue weighted by atomic mass is 16.3. The number of carbonyl (C=O) groups excluding carboxylic acids is 1. The first-order chi connectivity index (χ1) is 18.4. The van der Waals surface area contributed by atoms with Gasteiger partial charge in [0.2, 0.25) is 5.91 Å². The second-order valence-corrected chi connectivity index (χ2v) is 10.1. The van der Waals surface area contributed by atoms with E-state index < -0.39 is 6.10 Å². The van der Waals surface area contributed by atoms with Crippen LogP contribution in [0.2, 0.25) is 0 Å². The number of aromatic nitrogens is 5. The zero-order chi connectivity index (χ0) is 26.6. The Bertz CT molecular complexity index is 1640. The minimum Gasteiger partial charge on any atom is -0.390 e. The van der Waals surface area contributed by atoms with Gasteiger partial charge in [0.05, 0.1) is 23.2 Å². The van der Waals surface area contributed by atoms with Gasteiger partial charge >= 0.3 is 0 Å². The van der Waals surface area contributed by atoms with Crippen molar-refractivity contribution in [1.82, 2.24) is 34.1 Å². The quantitative estimate of drug-likeness (QED) is 0.317. The molecule has 2 atom stereocenters. The number of nitrogens with two attached hydrogens (primary N) is 1. The molecule has 5 heterocycles. The van der Waals surface area contributed by atoms with Gasteiger partial charge in [0.25, 0.3) is 0 Å². The van der Waals surface area contributed by atoms with Crippen LogP contribution >= 0.6 is 0 Å². The minimum absolute atomic E-state index is 0.0355. The zero-order valence-electron chi connectivity index (χ0n) is 21.5. The molecule has 10 nitrogen and oxygen atoms in total. The number of benzene rings is 1. The topological polar surface area (TPSA) is 118 Å². The number of nitrogens with zero attached hydrogens (tertiary/aromatic N) is 7. The summed E-state index contributed by atoms with van der Waals surface area (Å²) >= 11 is 0. The molecule has 0 unspecified atom stereocenters. The number of nitrogen functional groups attached to an aromatic ring is 1. The number of piperidine rings is 1. The Morgan fingerprint density at radius 1 is 1.24 bits per heavy atom. The van der Waals surface area contributed by atoms with E-state index in [0.717, 1.165) is 58.3 Å². The van der Waals surface area contributed by atoms with Crippen LogP contribution in [0.5, 0.6) is 0 Å². The van der Waals surface area contributed by atoms with Crippen molar-refractivity contribution in [1.29, 1.82) is 0 Å². The number of hydrogen-bond acceptors (Lipinski definition) is 7. The fraction of sp³-hybridized carbons (Fsp3) is 0.357. The van der Waals surface area contributed by atoms with Crippen molar-refractivity contribution in [3.8, 4) is 23.0 Å². The summed E-state index contributed by atoms with van der Waals surface area (Å²) in [6.45, 7) is 6.07. The Morgan fingerprint density at radius 2 is 2.05 bits per heavy atom. The molecule has 0 aliphatic carbocycles. The number of carbonyl (C=O) groups is 1. The van der Waals surface area contributed by atoms with Gasteiger partial charge in [-0.1, -0.05) is 24.6 Å². The van der Waals surface area contributed by atoms with Crippen molar-refractivity contribution in [2.45, 2.75) is 18.6 Å². The largest absolute Gasteiger partial charge is 0.390 e. The van der Waals surface area contributed by atoms with Crippen LogP contribution in [0.25, 0.3) is 33.1 Å². The molecule has 0 bridgehead atoms. The normalized spacial score (nSPS) is 20.3. The van der Waals surface area contributed by atoms with Crippen LogP contribution in [0.15, 0.2) is 43.4 Å². The highest BCUT2D eigenvalue weighted by Gasteiger charge is 2.38. The summed E-state index contributed by atoms with van der Waals surface area (Å²) in [7, 11) is 3.88. The molecule has 2 aliphatic heterocycles. The van der Waals surface area contributed by atoms with Gasteiger partial charge in [0.1, 0.15) is 23.5 Å². The van der Waals surface area contributed by atoms with E-state index in [0.29, 0.717) is 18.9 Å². The van der Waals surface area contributed by atoms with Gasteiger partial charge < -0.3 is 20.3 Å². The van der Waals surface area contributed by atoms with Gasteiger partial charge in [-0.3, -0.25) is 14.4 Å². The first kappa shape index (κ1) is 24.2. The molecule has 194 valence electrons. The van der Waals surface area contributed by atoms with E-state index in [9.17, 15) is 9.90 Å². The lowest BCUT2D eigenvalue weighted by Crippen LogP contribution is -2.61. The number of fused-ring (bicyclic) bond motifs is 2. The summed E-state index contributed by atoms with van der Waals surface area (Å²) in [6, 6.07) is 6.15. The predicted molar refractivity (Wildman–Crippen MR) is 146 cm³/mol. The van der Waals surface area contributed by atoms with E-state index in [2.05, 4.69) is 44.5 Å². The Morgan fingerprint density at radius 3 is 2.82 bits per heavy atom. The first-order valence-corrected chi connectivity index (χ1v) is 12.7. The Balaban J connectivity index is 1.30. The maximum atomic E-state index is 11.9. The number of β-amino-alcohol motifs (C(OH)–C–C–N with tert-alkyl or cyclic N) is 1. The van der Waals surface area contributed by atoms with Crippen LogP contribution in [-0.2, 0) is 18.9 Å². The average Bonchev–Trinajstić information content (AvgIpc) is 3.41. The third-order valence-corrected chi connectivity index (χ3v) is 7.86. The number of aliphatic hydroxyl groups is 1. The molecule has 6 rings (SSSR count). The van der Waals surface area contributed by atoms with Crippen molar-refractivity contribution in [3.05, 3.63) is 49.1 Å². The molecule has 4 aromatic rings. The number of rotatable bonds is 3. The van der Waals surface area contributed by atoms with Crippen LogP contribution in [0, 0.1) is 17.8 Å². The number of hydrogen-bond donors (Lipinski definition) is 2. The van der Waals surface area contributed by atoms with Gasteiger partial charge in [-0.05, 0) is 30.0 Å². The SMILES string of the molecule is C=CC(=O)N1CC[C@@H](N2CC(C#Cc3c(-c4cccc5c4cnn5C)c4c(N)ncnc4n3C)C2)[C@@H](O)C1. The van der Waals surface area contributed by atoms with E-state index in [-0.39, 0.29) is 17.9 Å². The van der Waals surface area contributed by atoms with Crippen LogP contribution in [0.3, 0.4) is 0 Å². The summed E-state index contributed by atoms with van der Waals surface area (Å²) < 4.78 is 3.84. The number of amides is 1. The molecule has 0 saturated carbocycles.